The molecule has 1 aliphatic rings. The van der Waals surface area contributed by atoms with Crippen molar-refractivity contribution < 1.29 is 23.9 Å². The van der Waals surface area contributed by atoms with Gasteiger partial charge < -0.3 is 15.3 Å². The quantitative estimate of drug-likeness (QED) is 0.675. The Kier molecular flexibility index (Phi) is 5.91. The fraction of sp³-hybridized carbons (Fsp3) is 0.769. The second-order valence-corrected chi connectivity index (χ2v) is 5.13. The Bertz CT molecular complexity index is 389. The van der Waals surface area contributed by atoms with Gasteiger partial charge in [-0.25, -0.2) is 9.18 Å². The number of rotatable bonds is 7. The summed E-state index contributed by atoms with van der Waals surface area (Å²) in [5.74, 6) is -1.78. The van der Waals surface area contributed by atoms with Gasteiger partial charge in [0, 0.05) is 32.9 Å². The van der Waals surface area contributed by atoms with Crippen molar-refractivity contribution in [2.24, 2.45) is 0 Å². The Labute approximate surface area is 117 Å². The molecular weight excluding hydrogens is 267 g/mol. The van der Waals surface area contributed by atoms with E-state index in [1.54, 1.807) is 0 Å². The average molecular weight is 288 g/mol. The van der Waals surface area contributed by atoms with Gasteiger partial charge in [-0.3, -0.25) is 9.59 Å². The zero-order valence-electron chi connectivity index (χ0n) is 11.7. The molecule has 0 bridgehead atoms. The summed E-state index contributed by atoms with van der Waals surface area (Å²) in [6.45, 7) is 1.84. The highest BCUT2D eigenvalue weighted by Gasteiger charge is 2.46. The average Bonchev–Trinajstić information content (AvgIpc) is 2.77. The number of amides is 2. The molecule has 0 aromatic heterocycles. The monoisotopic (exact) mass is 288 g/mol. The lowest BCUT2D eigenvalue weighted by Crippen LogP contribution is -2.38. The van der Waals surface area contributed by atoms with E-state index in [0.29, 0.717) is 13.0 Å². The van der Waals surface area contributed by atoms with E-state index in [9.17, 15) is 18.8 Å². The maximum absolute atomic E-state index is 13.8. The van der Waals surface area contributed by atoms with E-state index in [4.69, 9.17) is 5.11 Å². The fourth-order valence-corrected chi connectivity index (χ4v) is 2.16. The van der Waals surface area contributed by atoms with Crippen molar-refractivity contribution in [2.75, 3.05) is 19.6 Å². The summed E-state index contributed by atoms with van der Waals surface area (Å²) < 4.78 is 13.8. The predicted molar refractivity (Wildman–Crippen MR) is 69.8 cm³/mol. The van der Waals surface area contributed by atoms with Gasteiger partial charge in [-0.2, -0.15) is 0 Å². The Morgan fingerprint density at radius 3 is 2.55 bits per heavy atom. The molecule has 20 heavy (non-hydrogen) atoms. The van der Waals surface area contributed by atoms with Crippen LogP contribution in [0.3, 0.4) is 0 Å². The largest absolute Gasteiger partial charge is 0.479 e. The Morgan fingerprint density at radius 1 is 1.30 bits per heavy atom. The van der Waals surface area contributed by atoms with Crippen LogP contribution in [0.25, 0.3) is 0 Å². The molecule has 2 amide bonds. The topological polar surface area (TPSA) is 86.7 Å². The van der Waals surface area contributed by atoms with Gasteiger partial charge in [0.25, 0.3) is 0 Å². The normalized spacial score (nSPS) is 21.8. The molecule has 0 aliphatic carbocycles. The van der Waals surface area contributed by atoms with Gasteiger partial charge >= 0.3 is 5.97 Å². The summed E-state index contributed by atoms with van der Waals surface area (Å²) in [5, 5.41) is 11.4. The third-order valence-corrected chi connectivity index (χ3v) is 3.40. The van der Waals surface area contributed by atoms with Crippen LogP contribution in [0.2, 0.25) is 0 Å². The first kappa shape index (κ1) is 16.4. The van der Waals surface area contributed by atoms with E-state index in [-0.39, 0.29) is 37.7 Å². The Morgan fingerprint density at radius 2 is 2.00 bits per heavy atom. The van der Waals surface area contributed by atoms with Crippen molar-refractivity contribution in [3.63, 3.8) is 0 Å². The van der Waals surface area contributed by atoms with E-state index in [1.165, 1.54) is 11.8 Å². The maximum Gasteiger partial charge on any atom is 0.343 e. The van der Waals surface area contributed by atoms with Gasteiger partial charge in [0.1, 0.15) is 0 Å². The number of carboxylic acid groups (broad SMARTS) is 1. The van der Waals surface area contributed by atoms with Crippen LogP contribution in [0.15, 0.2) is 0 Å². The minimum atomic E-state index is -2.29. The number of likely N-dealkylation sites (tertiary alicyclic amines) is 1. The second-order valence-electron chi connectivity index (χ2n) is 5.13. The number of hydrogen-bond donors (Lipinski definition) is 2. The zero-order chi connectivity index (χ0) is 15.2. The third kappa shape index (κ3) is 4.79. The molecule has 0 saturated carbocycles. The van der Waals surface area contributed by atoms with E-state index in [1.807, 2.05) is 0 Å². The first-order chi connectivity index (χ1) is 9.35. The van der Waals surface area contributed by atoms with Crippen LogP contribution in [0, 0.1) is 0 Å². The molecule has 1 rings (SSSR count). The molecule has 0 spiro atoms. The number of carbonyl (C=O) groups is 3. The molecule has 1 aliphatic heterocycles. The minimum Gasteiger partial charge on any atom is -0.479 e. The lowest BCUT2D eigenvalue weighted by atomic mass is 10.1. The van der Waals surface area contributed by atoms with Gasteiger partial charge in [-0.15, -0.1) is 0 Å². The number of nitrogens with one attached hydrogen (secondary N) is 1. The fourth-order valence-electron chi connectivity index (χ4n) is 2.16. The SMILES string of the molecule is CC(=O)NCCCCCC(=O)N1CCC(F)(C(=O)O)C1. The van der Waals surface area contributed by atoms with E-state index in [2.05, 4.69) is 5.32 Å². The van der Waals surface area contributed by atoms with Crippen molar-refractivity contribution in [1.29, 1.82) is 0 Å². The first-order valence-corrected chi connectivity index (χ1v) is 6.80. The highest BCUT2D eigenvalue weighted by molar-refractivity contribution is 5.82. The molecular formula is C13H21FN2O4. The molecule has 1 atom stereocenters. The van der Waals surface area contributed by atoms with Crippen LogP contribution in [-0.4, -0.2) is 53.1 Å². The summed E-state index contributed by atoms with van der Waals surface area (Å²) in [7, 11) is 0. The number of alkyl halides is 1. The molecule has 1 fully saturated rings. The van der Waals surface area contributed by atoms with Crippen molar-refractivity contribution >= 4 is 17.8 Å². The number of halogens is 1. The number of carboxylic acids is 1. The molecule has 1 heterocycles. The zero-order valence-corrected chi connectivity index (χ0v) is 11.7. The lowest BCUT2D eigenvalue weighted by molar-refractivity contribution is -0.150. The predicted octanol–water partition coefficient (Wildman–Crippen LogP) is 0.708. The van der Waals surface area contributed by atoms with Gasteiger partial charge in [-0.1, -0.05) is 6.42 Å². The maximum atomic E-state index is 13.8. The van der Waals surface area contributed by atoms with Crippen molar-refractivity contribution in [3.8, 4) is 0 Å². The summed E-state index contributed by atoms with van der Waals surface area (Å²) in [5.41, 5.74) is -2.29. The molecule has 7 heteroatoms. The number of aliphatic carboxylic acids is 1. The lowest BCUT2D eigenvalue weighted by Gasteiger charge is -2.17. The summed E-state index contributed by atoms with van der Waals surface area (Å²) in [6, 6.07) is 0. The number of nitrogens with zero attached hydrogens (tertiary/aromatic N) is 1. The first-order valence-electron chi connectivity index (χ1n) is 6.80. The molecule has 114 valence electrons. The molecule has 0 aromatic carbocycles. The smallest absolute Gasteiger partial charge is 0.343 e. The van der Waals surface area contributed by atoms with E-state index >= 15 is 0 Å². The molecule has 2 N–H and O–H groups in total. The highest BCUT2D eigenvalue weighted by Crippen LogP contribution is 2.26. The summed E-state index contributed by atoms with van der Waals surface area (Å²) in [4.78, 5) is 34.4. The number of unbranched alkanes of at least 4 members (excludes halogenated alkanes) is 2. The molecule has 1 unspecified atom stereocenters. The second kappa shape index (κ2) is 7.21. The minimum absolute atomic E-state index is 0.0777. The van der Waals surface area contributed by atoms with Crippen LogP contribution in [0.4, 0.5) is 4.39 Å². The summed E-state index contributed by atoms with van der Waals surface area (Å²) in [6.07, 6.45) is 2.38. The van der Waals surface area contributed by atoms with Crippen LogP contribution in [0.1, 0.15) is 39.0 Å². The van der Waals surface area contributed by atoms with Gasteiger partial charge in [0.15, 0.2) is 0 Å². The van der Waals surface area contributed by atoms with Gasteiger partial charge in [0.05, 0.1) is 6.54 Å². The van der Waals surface area contributed by atoms with Crippen molar-refractivity contribution in [2.45, 2.75) is 44.7 Å². The van der Waals surface area contributed by atoms with Crippen molar-refractivity contribution in [3.05, 3.63) is 0 Å². The molecule has 0 radical (unpaired) electrons. The Hall–Kier alpha value is -1.66. The number of carbonyl (C=O) groups excluding carboxylic acids is 2. The van der Waals surface area contributed by atoms with Crippen molar-refractivity contribution in [1.82, 2.24) is 10.2 Å². The number of hydrogen-bond acceptors (Lipinski definition) is 3. The third-order valence-electron chi connectivity index (χ3n) is 3.40. The Balaban J connectivity index is 2.18. The van der Waals surface area contributed by atoms with Gasteiger partial charge in [0.2, 0.25) is 17.5 Å². The van der Waals surface area contributed by atoms with Crippen LogP contribution in [0.5, 0.6) is 0 Å². The van der Waals surface area contributed by atoms with Crippen LogP contribution < -0.4 is 5.32 Å². The molecule has 0 aromatic rings. The molecule has 6 nitrogen and oxygen atoms in total. The molecule has 1 saturated heterocycles. The van der Waals surface area contributed by atoms with Crippen LogP contribution >= 0.6 is 0 Å². The highest BCUT2D eigenvalue weighted by atomic mass is 19.1. The van der Waals surface area contributed by atoms with Crippen LogP contribution in [-0.2, 0) is 14.4 Å². The van der Waals surface area contributed by atoms with Gasteiger partial charge in [-0.05, 0) is 12.8 Å². The standard InChI is InChI=1S/C13H21FN2O4/c1-10(17)15-7-4-2-3-5-11(18)16-8-6-13(14,9-16)12(19)20/h2-9H2,1H3,(H,15,17)(H,19,20). The summed E-state index contributed by atoms with van der Waals surface area (Å²) >= 11 is 0. The van der Waals surface area contributed by atoms with E-state index in [0.717, 1.165) is 12.8 Å². The van der Waals surface area contributed by atoms with E-state index < -0.39 is 11.6 Å².